The van der Waals surface area contributed by atoms with Crippen LogP contribution in [-0.2, 0) is 14.4 Å². The SMILES string of the molecule is O=C(Nn1c(O)ccc1O)C(=O)C(NC(=O)C1CCCCC1)c1ccccc1. The minimum absolute atomic E-state index is 0.173. The van der Waals surface area contributed by atoms with Crippen molar-refractivity contribution in [1.82, 2.24) is 9.99 Å². The number of aromatic hydroxyl groups is 2. The van der Waals surface area contributed by atoms with Crippen molar-refractivity contribution in [2.24, 2.45) is 5.92 Å². The van der Waals surface area contributed by atoms with Crippen LogP contribution in [-0.4, -0.2) is 32.5 Å². The molecule has 0 radical (unpaired) electrons. The van der Waals surface area contributed by atoms with Crippen LogP contribution < -0.4 is 10.7 Å². The van der Waals surface area contributed by atoms with E-state index in [1.165, 1.54) is 12.1 Å². The first kappa shape index (κ1) is 19.5. The first-order valence-corrected chi connectivity index (χ1v) is 9.27. The van der Waals surface area contributed by atoms with E-state index in [0.29, 0.717) is 10.2 Å². The molecule has 8 heteroatoms. The minimum atomic E-state index is -1.16. The van der Waals surface area contributed by atoms with Gasteiger partial charge in [-0.25, -0.2) is 0 Å². The summed E-state index contributed by atoms with van der Waals surface area (Å²) in [6, 6.07) is 9.68. The molecule has 0 spiro atoms. The van der Waals surface area contributed by atoms with Crippen LogP contribution in [0.15, 0.2) is 42.5 Å². The second kappa shape index (κ2) is 8.60. The molecule has 0 saturated heterocycles. The molecule has 1 aromatic heterocycles. The van der Waals surface area contributed by atoms with Gasteiger partial charge in [-0.15, -0.1) is 0 Å². The summed E-state index contributed by atoms with van der Waals surface area (Å²) in [4.78, 5) is 37.9. The van der Waals surface area contributed by atoms with E-state index in [2.05, 4.69) is 10.7 Å². The van der Waals surface area contributed by atoms with Gasteiger partial charge in [-0.2, -0.15) is 4.68 Å². The molecular weight excluding hydrogens is 362 g/mol. The van der Waals surface area contributed by atoms with Gasteiger partial charge in [0.25, 0.3) is 0 Å². The topological polar surface area (TPSA) is 121 Å². The van der Waals surface area contributed by atoms with E-state index in [-0.39, 0.29) is 11.8 Å². The third kappa shape index (κ3) is 4.33. The Labute approximate surface area is 162 Å². The molecule has 1 aliphatic rings. The minimum Gasteiger partial charge on any atom is -0.493 e. The first-order chi connectivity index (χ1) is 13.5. The number of Topliss-reactive ketones (excluding diaryl/α,β-unsaturated/α-hetero) is 1. The van der Waals surface area contributed by atoms with Gasteiger partial charge in [-0.1, -0.05) is 49.6 Å². The van der Waals surface area contributed by atoms with Crippen LogP contribution >= 0.6 is 0 Å². The number of nitrogens with zero attached hydrogens (tertiary/aromatic N) is 1. The van der Waals surface area contributed by atoms with Crippen molar-refractivity contribution in [3.63, 3.8) is 0 Å². The molecule has 1 heterocycles. The Balaban J connectivity index is 1.78. The Hall–Kier alpha value is -3.29. The molecule has 2 aromatic rings. The summed E-state index contributed by atoms with van der Waals surface area (Å²) >= 11 is 0. The van der Waals surface area contributed by atoms with Crippen LogP contribution in [0.25, 0.3) is 0 Å². The number of hydrogen-bond donors (Lipinski definition) is 4. The predicted octanol–water partition coefficient (Wildman–Crippen LogP) is 1.98. The zero-order valence-electron chi connectivity index (χ0n) is 15.3. The quantitative estimate of drug-likeness (QED) is 0.567. The molecule has 0 bridgehead atoms. The summed E-state index contributed by atoms with van der Waals surface area (Å²) in [6.45, 7) is 0. The standard InChI is InChI=1S/C20H23N3O5/c24-15-11-12-16(25)23(15)22-20(28)18(26)17(13-7-3-1-4-8-13)21-19(27)14-9-5-2-6-10-14/h1,3-4,7-8,11-12,14,17,24-25H,2,5-6,9-10H2,(H,21,27)(H,22,28). The normalized spacial score (nSPS) is 15.6. The smallest absolute Gasteiger partial charge is 0.308 e. The maximum Gasteiger partial charge on any atom is 0.308 e. The Morgan fingerprint density at radius 2 is 1.54 bits per heavy atom. The summed E-state index contributed by atoms with van der Waals surface area (Å²) in [5, 5.41) is 22.0. The van der Waals surface area contributed by atoms with Crippen LogP contribution in [0.5, 0.6) is 11.8 Å². The molecular formula is C20H23N3O5. The highest BCUT2D eigenvalue weighted by molar-refractivity contribution is 6.41. The van der Waals surface area contributed by atoms with E-state index in [4.69, 9.17) is 0 Å². The fourth-order valence-electron chi connectivity index (χ4n) is 3.39. The second-order valence-corrected chi connectivity index (χ2v) is 6.88. The van der Waals surface area contributed by atoms with Crippen molar-refractivity contribution in [3.8, 4) is 11.8 Å². The van der Waals surface area contributed by atoms with Crippen molar-refractivity contribution in [3.05, 3.63) is 48.0 Å². The number of aromatic nitrogens is 1. The lowest BCUT2D eigenvalue weighted by Gasteiger charge is -2.24. The van der Waals surface area contributed by atoms with Gasteiger partial charge in [0, 0.05) is 18.1 Å². The molecule has 3 rings (SSSR count). The lowest BCUT2D eigenvalue weighted by atomic mass is 9.88. The average Bonchev–Trinajstić information content (AvgIpc) is 3.04. The first-order valence-electron chi connectivity index (χ1n) is 9.27. The van der Waals surface area contributed by atoms with Crippen LogP contribution in [0.1, 0.15) is 43.7 Å². The highest BCUT2D eigenvalue weighted by Crippen LogP contribution is 2.25. The number of benzene rings is 1. The summed E-state index contributed by atoms with van der Waals surface area (Å²) in [5.74, 6) is -3.25. The van der Waals surface area contributed by atoms with Gasteiger partial charge in [0.05, 0.1) is 0 Å². The molecule has 1 saturated carbocycles. The van der Waals surface area contributed by atoms with Gasteiger partial charge in [-0.3, -0.25) is 19.8 Å². The Bertz CT molecular complexity index is 836. The number of rotatable bonds is 6. The molecule has 2 amide bonds. The summed E-state index contributed by atoms with van der Waals surface area (Å²) in [6.07, 6.45) is 4.55. The fourth-order valence-corrected chi connectivity index (χ4v) is 3.39. The molecule has 28 heavy (non-hydrogen) atoms. The van der Waals surface area contributed by atoms with Crippen molar-refractivity contribution in [2.45, 2.75) is 38.1 Å². The molecule has 8 nitrogen and oxygen atoms in total. The molecule has 1 aliphatic carbocycles. The largest absolute Gasteiger partial charge is 0.493 e. The third-order valence-corrected chi connectivity index (χ3v) is 4.93. The van der Waals surface area contributed by atoms with E-state index in [0.717, 1.165) is 32.1 Å². The number of carbonyl (C=O) groups excluding carboxylic acids is 3. The van der Waals surface area contributed by atoms with E-state index in [9.17, 15) is 24.6 Å². The molecule has 1 aromatic carbocycles. The van der Waals surface area contributed by atoms with Gasteiger partial charge in [0.1, 0.15) is 6.04 Å². The molecule has 1 atom stereocenters. The van der Waals surface area contributed by atoms with Crippen LogP contribution in [0.2, 0.25) is 0 Å². The van der Waals surface area contributed by atoms with Crippen molar-refractivity contribution >= 4 is 17.6 Å². The molecule has 4 N–H and O–H groups in total. The molecule has 0 aliphatic heterocycles. The number of amides is 2. The number of ketones is 1. The van der Waals surface area contributed by atoms with Crippen molar-refractivity contribution in [1.29, 1.82) is 0 Å². The van der Waals surface area contributed by atoms with Crippen LogP contribution in [0.4, 0.5) is 0 Å². The van der Waals surface area contributed by atoms with E-state index >= 15 is 0 Å². The van der Waals surface area contributed by atoms with Gasteiger partial charge >= 0.3 is 5.91 Å². The lowest BCUT2D eigenvalue weighted by molar-refractivity contribution is -0.138. The van der Waals surface area contributed by atoms with E-state index < -0.39 is 29.5 Å². The maximum atomic E-state index is 12.8. The van der Waals surface area contributed by atoms with Crippen LogP contribution in [0, 0.1) is 5.92 Å². The highest BCUT2D eigenvalue weighted by Gasteiger charge is 2.31. The Morgan fingerprint density at radius 1 is 0.929 bits per heavy atom. The lowest BCUT2D eigenvalue weighted by Crippen LogP contribution is -2.43. The van der Waals surface area contributed by atoms with Gasteiger partial charge in [0.15, 0.2) is 0 Å². The zero-order valence-corrected chi connectivity index (χ0v) is 15.3. The Morgan fingerprint density at radius 3 is 2.14 bits per heavy atom. The van der Waals surface area contributed by atoms with Gasteiger partial charge < -0.3 is 15.5 Å². The van der Waals surface area contributed by atoms with Crippen LogP contribution in [0.3, 0.4) is 0 Å². The number of hydrogen-bond acceptors (Lipinski definition) is 5. The van der Waals surface area contributed by atoms with Crippen molar-refractivity contribution in [2.75, 3.05) is 5.43 Å². The van der Waals surface area contributed by atoms with Gasteiger partial charge in [0.2, 0.25) is 23.5 Å². The molecule has 1 fully saturated rings. The van der Waals surface area contributed by atoms with Gasteiger partial charge in [-0.05, 0) is 18.4 Å². The van der Waals surface area contributed by atoms with E-state index in [1.807, 2.05) is 0 Å². The second-order valence-electron chi connectivity index (χ2n) is 6.88. The molecule has 1 unspecified atom stereocenters. The highest BCUT2D eigenvalue weighted by atomic mass is 16.3. The summed E-state index contributed by atoms with van der Waals surface area (Å²) in [7, 11) is 0. The number of carbonyl (C=O) groups is 3. The predicted molar refractivity (Wildman–Crippen MR) is 101 cm³/mol. The monoisotopic (exact) mass is 385 g/mol. The van der Waals surface area contributed by atoms with E-state index in [1.54, 1.807) is 30.3 Å². The third-order valence-electron chi connectivity index (χ3n) is 4.93. The van der Waals surface area contributed by atoms with Crippen molar-refractivity contribution < 1.29 is 24.6 Å². The summed E-state index contributed by atoms with van der Waals surface area (Å²) < 4.78 is 0.686. The maximum absolute atomic E-state index is 12.8. The fraction of sp³-hybridized carbons (Fsp3) is 0.350. The molecule has 148 valence electrons. The number of nitrogens with one attached hydrogen (secondary N) is 2. The zero-order chi connectivity index (χ0) is 20.1. The Kier molecular flexibility index (Phi) is 5.98. The summed E-state index contributed by atoms with van der Waals surface area (Å²) in [5.41, 5.74) is 2.62. The average molecular weight is 385 g/mol.